The van der Waals surface area contributed by atoms with Crippen LogP contribution in [0.15, 0.2) is 0 Å². The minimum absolute atomic E-state index is 0.0421. The molecule has 2 fully saturated rings. The highest BCUT2D eigenvalue weighted by molar-refractivity contribution is 5.73. The van der Waals surface area contributed by atoms with Crippen LogP contribution < -0.4 is 5.73 Å². The predicted octanol–water partition coefficient (Wildman–Crippen LogP) is 3.26. The maximum absolute atomic E-state index is 12.4. The van der Waals surface area contributed by atoms with E-state index in [0.29, 0.717) is 18.4 Å². The molecule has 19 heavy (non-hydrogen) atoms. The van der Waals surface area contributed by atoms with E-state index in [0.717, 1.165) is 32.1 Å². The van der Waals surface area contributed by atoms with Gasteiger partial charge in [-0.3, -0.25) is 4.79 Å². The summed E-state index contributed by atoms with van der Waals surface area (Å²) < 4.78 is 5.87. The summed E-state index contributed by atoms with van der Waals surface area (Å²) in [4.78, 5) is 12.4. The molecule has 0 spiro atoms. The number of esters is 1. The van der Waals surface area contributed by atoms with Crippen molar-refractivity contribution < 1.29 is 9.53 Å². The average molecular weight is 267 g/mol. The zero-order valence-electron chi connectivity index (χ0n) is 12.3. The van der Waals surface area contributed by atoms with Gasteiger partial charge >= 0.3 is 5.97 Å². The van der Waals surface area contributed by atoms with Gasteiger partial charge in [0.05, 0.1) is 5.92 Å². The van der Waals surface area contributed by atoms with Crippen molar-refractivity contribution in [1.82, 2.24) is 0 Å². The van der Waals surface area contributed by atoms with Crippen LogP contribution >= 0.6 is 0 Å². The molecule has 2 rings (SSSR count). The van der Waals surface area contributed by atoms with E-state index in [2.05, 4.69) is 6.92 Å². The summed E-state index contributed by atoms with van der Waals surface area (Å²) in [7, 11) is 0. The van der Waals surface area contributed by atoms with Crippen LogP contribution in [0.25, 0.3) is 0 Å². The molecule has 0 aromatic rings. The monoisotopic (exact) mass is 267 g/mol. The van der Waals surface area contributed by atoms with E-state index in [1.807, 2.05) is 0 Å². The van der Waals surface area contributed by atoms with Gasteiger partial charge in [0.1, 0.15) is 6.10 Å². The lowest BCUT2D eigenvalue weighted by molar-refractivity contribution is -0.162. The number of hydrogen-bond acceptors (Lipinski definition) is 3. The van der Waals surface area contributed by atoms with Crippen molar-refractivity contribution in [3.05, 3.63) is 0 Å². The van der Waals surface area contributed by atoms with Gasteiger partial charge in [0.15, 0.2) is 0 Å². The lowest BCUT2D eigenvalue weighted by atomic mass is 9.79. The summed E-state index contributed by atoms with van der Waals surface area (Å²) in [6.45, 7) is 2.84. The molecule has 2 aliphatic rings. The Bertz CT molecular complexity index is 292. The second kappa shape index (κ2) is 7.28. The highest BCUT2D eigenvalue weighted by atomic mass is 16.5. The molecule has 0 amide bonds. The summed E-state index contributed by atoms with van der Waals surface area (Å²) >= 11 is 0. The molecular weight excluding hydrogens is 238 g/mol. The fourth-order valence-electron chi connectivity index (χ4n) is 3.83. The van der Waals surface area contributed by atoms with Crippen molar-refractivity contribution in [3.8, 4) is 0 Å². The van der Waals surface area contributed by atoms with Crippen LogP contribution in [-0.2, 0) is 9.53 Å². The molecule has 0 bridgehead atoms. The van der Waals surface area contributed by atoms with Gasteiger partial charge in [-0.15, -0.1) is 0 Å². The van der Waals surface area contributed by atoms with Crippen LogP contribution in [0.4, 0.5) is 0 Å². The summed E-state index contributed by atoms with van der Waals surface area (Å²) in [6.07, 6.45) is 10.5. The summed E-state index contributed by atoms with van der Waals surface area (Å²) in [6, 6.07) is 0. The highest BCUT2D eigenvalue weighted by Gasteiger charge is 2.34. The van der Waals surface area contributed by atoms with Gasteiger partial charge in [0, 0.05) is 0 Å². The molecule has 0 saturated heterocycles. The van der Waals surface area contributed by atoms with Gasteiger partial charge in [-0.05, 0) is 56.9 Å². The smallest absolute Gasteiger partial charge is 0.309 e. The quantitative estimate of drug-likeness (QED) is 0.795. The predicted molar refractivity (Wildman–Crippen MR) is 76.6 cm³/mol. The summed E-state index contributed by atoms with van der Waals surface area (Å²) in [5, 5.41) is 0. The van der Waals surface area contributed by atoms with Crippen molar-refractivity contribution in [1.29, 1.82) is 0 Å². The first kappa shape index (κ1) is 14.8. The molecule has 0 aromatic heterocycles. The average Bonchev–Trinajstić information content (AvgIpc) is 2.47. The molecule has 0 aliphatic heterocycles. The van der Waals surface area contributed by atoms with Crippen molar-refractivity contribution in [2.45, 2.75) is 70.8 Å². The maximum Gasteiger partial charge on any atom is 0.309 e. The number of carbonyl (C=O) groups excluding carboxylic acids is 1. The molecule has 4 atom stereocenters. The first-order valence-electron chi connectivity index (χ1n) is 8.16. The fraction of sp³-hybridized carbons (Fsp3) is 0.938. The number of nitrogens with two attached hydrogens (primary N) is 1. The van der Waals surface area contributed by atoms with Crippen LogP contribution in [0.3, 0.4) is 0 Å². The Kier molecular flexibility index (Phi) is 5.68. The van der Waals surface area contributed by atoms with Crippen molar-refractivity contribution in [3.63, 3.8) is 0 Å². The topological polar surface area (TPSA) is 52.3 Å². The second-order valence-electron chi connectivity index (χ2n) is 6.31. The van der Waals surface area contributed by atoms with Gasteiger partial charge in [-0.1, -0.05) is 26.2 Å². The van der Waals surface area contributed by atoms with Crippen molar-refractivity contribution >= 4 is 5.97 Å². The van der Waals surface area contributed by atoms with Crippen LogP contribution in [0.1, 0.15) is 64.7 Å². The highest BCUT2D eigenvalue weighted by Crippen LogP contribution is 2.34. The van der Waals surface area contributed by atoms with Gasteiger partial charge in [-0.2, -0.15) is 0 Å². The summed E-state index contributed by atoms with van der Waals surface area (Å²) in [5.74, 6) is 1.04. The summed E-state index contributed by atoms with van der Waals surface area (Å²) in [5.41, 5.74) is 5.81. The molecular formula is C16H29NO2. The third kappa shape index (κ3) is 3.71. The molecule has 0 heterocycles. The Morgan fingerprint density at radius 2 is 1.68 bits per heavy atom. The standard InChI is InChI=1S/C16H29NO2/c1-2-12-7-4-6-10-15(12)19-16(18)14-9-5-3-8-13(14)11-17/h12-15H,2-11,17H2,1H3. The van der Waals surface area contributed by atoms with Crippen molar-refractivity contribution in [2.24, 2.45) is 23.5 Å². The Hall–Kier alpha value is -0.570. The minimum atomic E-state index is 0.0421. The van der Waals surface area contributed by atoms with Gasteiger partial charge in [0.2, 0.25) is 0 Å². The molecule has 3 nitrogen and oxygen atoms in total. The van der Waals surface area contributed by atoms with Gasteiger partial charge < -0.3 is 10.5 Å². The largest absolute Gasteiger partial charge is 0.462 e. The SMILES string of the molecule is CCC1CCCCC1OC(=O)C1CCCCC1CN. The zero-order chi connectivity index (χ0) is 13.7. The van der Waals surface area contributed by atoms with E-state index < -0.39 is 0 Å². The first-order valence-corrected chi connectivity index (χ1v) is 8.16. The van der Waals surface area contributed by atoms with Crippen LogP contribution in [0.2, 0.25) is 0 Å². The van der Waals surface area contributed by atoms with E-state index in [1.54, 1.807) is 0 Å². The third-order valence-electron chi connectivity index (χ3n) is 5.15. The second-order valence-corrected chi connectivity index (χ2v) is 6.31. The molecule has 0 aromatic carbocycles. The number of carbonyl (C=O) groups is 1. The fourth-order valence-corrected chi connectivity index (χ4v) is 3.83. The van der Waals surface area contributed by atoms with Crippen molar-refractivity contribution in [2.75, 3.05) is 6.54 Å². The normalized spacial score (nSPS) is 35.9. The molecule has 3 heteroatoms. The minimum Gasteiger partial charge on any atom is -0.462 e. The third-order valence-corrected chi connectivity index (χ3v) is 5.15. The van der Waals surface area contributed by atoms with Crippen LogP contribution in [0, 0.1) is 17.8 Å². The number of ether oxygens (including phenoxy) is 1. The Morgan fingerprint density at radius 1 is 1.05 bits per heavy atom. The van der Waals surface area contributed by atoms with E-state index in [1.165, 1.54) is 25.7 Å². The molecule has 4 unspecified atom stereocenters. The number of hydrogen-bond donors (Lipinski definition) is 1. The molecule has 2 saturated carbocycles. The Labute approximate surface area is 117 Å². The van der Waals surface area contributed by atoms with E-state index >= 15 is 0 Å². The van der Waals surface area contributed by atoms with E-state index in [9.17, 15) is 4.79 Å². The van der Waals surface area contributed by atoms with Gasteiger partial charge in [0.25, 0.3) is 0 Å². The lowest BCUT2D eigenvalue weighted by Crippen LogP contribution is -2.37. The van der Waals surface area contributed by atoms with Crippen LogP contribution in [-0.4, -0.2) is 18.6 Å². The van der Waals surface area contributed by atoms with Crippen LogP contribution in [0.5, 0.6) is 0 Å². The Morgan fingerprint density at radius 3 is 2.37 bits per heavy atom. The first-order chi connectivity index (χ1) is 9.26. The number of rotatable bonds is 4. The molecule has 110 valence electrons. The van der Waals surface area contributed by atoms with E-state index in [-0.39, 0.29) is 18.0 Å². The molecule has 0 radical (unpaired) electrons. The molecule has 2 N–H and O–H groups in total. The lowest BCUT2D eigenvalue weighted by Gasteiger charge is -2.34. The maximum atomic E-state index is 12.4. The Balaban J connectivity index is 1.91. The van der Waals surface area contributed by atoms with E-state index in [4.69, 9.17) is 10.5 Å². The van der Waals surface area contributed by atoms with Gasteiger partial charge in [-0.25, -0.2) is 0 Å². The zero-order valence-corrected chi connectivity index (χ0v) is 12.3. The molecule has 2 aliphatic carbocycles.